The molecule has 0 aliphatic carbocycles. The molecule has 0 saturated heterocycles. The number of carbonyl (C=O) groups is 3. The number of anilines is 2. The lowest BCUT2D eigenvalue weighted by Gasteiger charge is -2.23. The van der Waals surface area contributed by atoms with Crippen LogP contribution in [0.1, 0.15) is 57.7 Å². The third kappa shape index (κ3) is 11.1. The van der Waals surface area contributed by atoms with Crippen LogP contribution in [0, 0.1) is 0 Å². The highest BCUT2D eigenvalue weighted by Gasteiger charge is 2.30. The topological polar surface area (TPSA) is 121 Å². The summed E-state index contributed by atoms with van der Waals surface area (Å²) in [6.45, 7) is 6.04. The Morgan fingerprint density at radius 1 is 0.880 bits per heavy atom. The first-order valence-electron chi connectivity index (χ1n) is 16.1. The lowest BCUT2D eigenvalue weighted by Crippen LogP contribution is -2.23. The van der Waals surface area contributed by atoms with Crippen LogP contribution in [0.2, 0.25) is 0 Å². The van der Waals surface area contributed by atoms with E-state index in [0.29, 0.717) is 46.2 Å². The normalized spacial score (nSPS) is 11.2. The van der Waals surface area contributed by atoms with Gasteiger partial charge in [0.1, 0.15) is 0 Å². The van der Waals surface area contributed by atoms with Gasteiger partial charge in [0.25, 0.3) is 11.8 Å². The highest BCUT2D eigenvalue weighted by Crippen LogP contribution is 2.33. The maximum atomic E-state index is 13.5. The van der Waals surface area contributed by atoms with E-state index in [1.165, 1.54) is 24.4 Å². The van der Waals surface area contributed by atoms with Crippen LogP contribution in [-0.2, 0) is 28.0 Å². The fourth-order valence-electron chi connectivity index (χ4n) is 5.07. The van der Waals surface area contributed by atoms with Crippen LogP contribution in [0.3, 0.4) is 0 Å². The minimum atomic E-state index is -4.49. The number of nitrogens with one attached hydrogen (secondary N) is 2. The molecule has 2 amide bonds. The summed E-state index contributed by atoms with van der Waals surface area (Å²) in [5.74, 6) is -0.408. The third-order valence-electron chi connectivity index (χ3n) is 7.68. The molecule has 4 aromatic rings. The summed E-state index contributed by atoms with van der Waals surface area (Å²) in [4.78, 5) is 43.9. The van der Waals surface area contributed by atoms with Crippen LogP contribution in [0.15, 0.2) is 85.1 Å². The van der Waals surface area contributed by atoms with E-state index in [1.807, 2.05) is 44.2 Å². The Kier molecular flexibility index (Phi) is 13.8. The van der Waals surface area contributed by atoms with Gasteiger partial charge in [-0.3, -0.25) is 19.4 Å². The largest absolute Gasteiger partial charge is 0.481 e. The Hall–Kier alpha value is -4.88. The van der Waals surface area contributed by atoms with Crippen molar-refractivity contribution in [3.05, 3.63) is 113 Å². The molecular weight excluding hydrogens is 669 g/mol. The number of rotatable bonds is 17. The van der Waals surface area contributed by atoms with Gasteiger partial charge in [-0.2, -0.15) is 24.9 Å². The van der Waals surface area contributed by atoms with Crippen molar-refractivity contribution in [2.75, 3.05) is 42.3 Å². The van der Waals surface area contributed by atoms with E-state index >= 15 is 0 Å². The summed E-state index contributed by atoms with van der Waals surface area (Å²) in [6, 6.07) is 20.8. The van der Waals surface area contributed by atoms with E-state index in [0.717, 1.165) is 36.5 Å². The Balaban J connectivity index is 1.50. The second kappa shape index (κ2) is 18.2. The average molecular weight is 709 g/mol. The van der Waals surface area contributed by atoms with E-state index in [9.17, 15) is 27.6 Å². The minimum Gasteiger partial charge on any atom is -0.481 e. The maximum absolute atomic E-state index is 13.5. The van der Waals surface area contributed by atoms with Crippen molar-refractivity contribution in [2.24, 2.45) is 0 Å². The molecule has 0 aliphatic heterocycles. The van der Waals surface area contributed by atoms with Gasteiger partial charge < -0.3 is 25.4 Å². The zero-order valence-corrected chi connectivity index (χ0v) is 28.6. The first-order chi connectivity index (χ1) is 24.0. The molecule has 13 heteroatoms. The van der Waals surface area contributed by atoms with E-state index in [-0.39, 0.29) is 31.0 Å². The molecule has 3 aromatic carbocycles. The van der Waals surface area contributed by atoms with Crippen molar-refractivity contribution >= 4 is 40.9 Å². The zero-order valence-electron chi connectivity index (χ0n) is 27.8. The van der Waals surface area contributed by atoms with Crippen molar-refractivity contribution in [3.8, 4) is 11.3 Å². The number of ether oxygens (including phenoxy) is 1. The highest BCUT2D eigenvalue weighted by atomic mass is 32.2. The van der Waals surface area contributed by atoms with Gasteiger partial charge in [0.05, 0.1) is 36.6 Å². The SMILES string of the molecule is CCN(CC)c1ccc(NC(=O)c2cccc(CSCCOCCC(=O)O)c2)c(-c2cc(C(=O)NCc3cccc(C(F)(F)F)c3)ccn2)c1. The minimum absolute atomic E-state index is 0.0368. The molecule has 0 fully saturated rings. The van der Waals surface area contributed by atoms with Crippen molar-refractivity contribution in [1.82, 2.24) is 10.3 Å². The number of aromatic nitrogens is 1. The van der Waals surface area contributed by atoms with Crippen LogP contribution in [0.25, 0.3) is 11.3 Å². The molecule has 264 valence electrons. The molecule has 0 atom stereocenters. The van der Waals surface area contributed by atoms with E-state index in [2.05, 4.69) is 20.5 Å². The number of hydrogen-bond acceptors (Lipinski definition) is 7. The van der Waals surface area contributed by atoms with Gasteiger partial charge >= 0.3 is 12.1 Å². The van der Waals surface area contributed by atoms with Gasteiger partial charge in [-0.05, 0) is 79.6 Å². The molecule has 3 N–H and O–H groups in total. The smallest absolute Gasteiger partial charge is 0.416 e. The Morgan fingerprint density at radius 2 is 1.62 bits per heavy atom. The van der Waals surface area contributed by atoms with Gasteiger partial charge in [-0.1, -0.05) is 24.3 Å². The van der Waals surface area contributed by atoms with Crippen LogP contribution >= 0.6 is 11.8 Å². The number of benzene rings is 3. The number of hydrogen-bond donors (Lipinski definition) is 3. The molecule has 4 rings (SSSR count). The van der Waals surface area contributed by atoms with Crippen LogP contribution in [0.4, 0.5) is 24.5 Å². The lowest BCUT2D eigenvalue weighted by atomic mass is 10.0. The predicted octanol–water partition coefficient (Wildman–Crippen LogP) is 7.52. The lowest BCUT2D eigenvalue weighted by molar-refractivity contribution is -0.138. The monoisotopic (exact) mass is 708 g/mol. The number of amides is 2. The fraction of sp³-hybridized carbons (Fsp3) is 0.297. The summed E-state index contributed by atoms with van der Waals surface area (Å²) < 4.78 is 44.8. The van der Waals surface area contributed by atoms with Crippen molar-refractivity contribution in [3.63, 3.8) is 0 Å². The number of aliphatic carboxylic acids is 1. The van der Waals surface area contributed by atoms with Gasteiger partial charge in [0, 0.05) is 59.7 Å². The molecule has 0 spiro atoms. The molecule has 0 aliphatic rings. The molecule has 9 nitrogen and oxygen atoms in total. The van der Waals surface area contributed by atoms with Crippen LogP contribution in [-0.4, -0.2) is 59.9 Å². The number of halogens is 3. The first-order valence-corrected chi connectivity index (χ1v) is 17.2. The standard InChI is InChI=1S/C37H39F3N4O5S/c1-3-44(4-2)30-11-12-32(43-36(48)27-9-5-8-26(19-27)24-50-18-17-49-16-14-34(45)46)31(22-30)33-21-28(13-15-41-33)35(47)42-23-25-7-6-10-29(20-25)37(38,39)40/h5-13,15,19-22H,3-4,14,16-18,23-24H2,1-2H3,(H,42,47)(H,43,48)(H,45,46). The molecular formula is C37H39F3N4O5S. The van der Waals surface area contributed by atoms with E-state index in [4.69, 9.17) is 9.84 Å². The molecule has 0 unspecified atom stereocenters. The highest BCUT2D eigenvalue weighted by molar-refractivity contribution is 7.98. The predicted molar refractivity (Wildman–Crippen MR) is 189 cm³/mol. The van der Waals surface area contributed by atoms with Crippen LogP contribution < -0.4 is 15.5 Å². The Morgan fingerprint density at radius 3 is 2.36 bits per heavy atom. The fourth-order valence-corrected chi connectivity index (χ4v) is 5.86. The quantitative estimate of drug-likeness (QED) is 0.0964. The number of alkyl halides is 3. The number of carboxylic acids is 1. The second-order valence-electron chi connectivity index (χ2n) is 11.2. The summed E-state index contributed by atoms with van der Waals surface area (Å²) in [7, 11) is 0. The summed E-state index contributed by atoms with van der Waals surface area (Å²) in [5, 5.41) is 14.4. The number of thioether (sulfide) groups is 1. The van der Waals surface area contributed by atoms with Gasteiger partial charge in [-0.25, -0.2) is 0 Å². The molecule has 0 bridgehead atoms. The van der Waals surface area contributed by atoms with Crippen LogP contribution in [0.5, 0.6) is 0 Å². The van der Waals surface area contributed by atoms with Gasteiger partial charge in [0.2, 0.25) is 0 Å². The third-order valence-corrected chi connectivity index (χ3v) is 8.67. The first kappa shape index (κ1) is 37.9. The zero-order chi connectivity index (χ0) is 36.1. The molecule has 1 heterocycles. The molecule has 50 heavy (non-hydrogen) atoms. The summed E-state index contributed by atoms with van der Waals surface area (Å²) in [5.41, 5.74) is 3.57. The molecule has 0 saturated carbocycles. The number of carbonyl (C=O) groups excluding carboxylic acids is 2. The van der Waals surface area contributed by atoms with Gasteiger partial charge in [0.15, 0.2) is 0 Å². The molecule has 0 radical (unpaired) electrons. The number of pyridine rings is 1. The van der Waals surface area contributed by atoms with Crippen molar-refractivity contribution < 1.29 is 37.4 Å². The van der Waals surface area contributed by atoms with Crippen molar-refractivity contribution in [1.29, 1.82) is 0 Å². The van der Waals surface area contributed by atoms with E-state index in [1.54, 1.807) is 30.0 Å². The average Bonchev–Trinajstić information content (AvgIpc) is 3.11. The molecule has 1 aromatic heterocycles. The van der Waals surface area contributed by atoms with Crippen molar-refractivity contribution in [2.45, 2.75) is 38.7 Å². The van der Waals surface area contributed by atoms with E-state index < -0.39 is 23.6 Å². The summed E-state index contributed by atoms with van der Waals surface area (Å²) in [6.07, 6.45) is -3.05. The second-order valence-corrected chi connectivity index (χ2v) is 12.3. The summed E-state index contributed by atoms with van der Waals surface area (Å²) >= 11 is 1.61. The number of carboxylic acid groups (broad SMARTS) is 1. The Labute approximate surface area is 293 Å². The number of nitrogens with zero attached hydrogens (tertiary/aromatic N) is 2. The Bertz CT molecular complexity index is 1780. The van der Waals surface area contributed by atoms with Gasteiger partial charge in [-0.15, -0.1) is 0 Å². The maximum Gasteiger partial charge on any atom is 0.416 e.